The second kappa shape index (κ2) is 2.84. The van der Waals surface area contributed by atoms with E-state index in [1.807, 2.05) is 6.20 Å². The standard InChI is InChI=1S/C10H17N3/c1-10(2,3)8-6-11-7-13-9(8)4-5-12-13/h4-5,8,11H,6-7H2,1-3H3. The zero-order chi connectivity index (χ0) is 9.47. The van der Waals surface area contributed by atoms with E-state index in [0.29, 0.717) is 11.3 Å². The van der Waals surface area contributed by atoms with E-state index in [1.165, 1.54) is 5.69 Å². The summed E-state index contributed by atoms with van der Waals surface area (Å²) >= 11 is 0. The monoisotopic (exact) mass is 179 g/mol. The van der Waals surface area contributed by atoms with Crippen molar-refractivity contribution in [1.29, 1.82) is 0 Å². The molecule has 1 aromatic heterocycles. The highest BCUT2D eigenvalue weighted by atomic mass is 15.3. The Hall–Kier alpha value is -0.830. The molecular formula is C10H17N3. The van der Waals surface area contributed by atoms with E-state index in [0.717, 1.165) is 13.2 Å². The minimum Gasteiger partial charge on any atom is -0.298 e. The first kappa shape index (κ1) is 8.75. The molecule has 0 amide bonds. The minimum absolute atomic E-state index is 0.311. The molecule has 0 radical (unpaired) electrons. The molecule has 1 aliphatic heterocycles. The van der Waals surface area contributed by atoms with Gasteiger partial charge in [-0.05, 0) is 11.5 Å². The van der Waals surface area contributed by atoms with Gasteiger partial charge < -0.3 is 0 Å². The van der Waals surface area contributed by atoms with Crippen molar-refractivity contribution in [2.75, 3.05) is 6.54 Å². The van der Waals surface area contributed by atoms with Crippen LogP contribution in [0.2, 0.25) is 0 Å². The van der Waals surface area contributed by atoms with E-state index in [4.69, 9.17) is 0 Å². The van der Waals surface area contributed by atoms with Crippen LogP contribution >= 0.6 is 0 Å². The molecule has 2 rings (SSSR count). The number of hydrogen-bond donors (Lipinski definition) is 1. The third-order valence-electron chi connectivity index (χ3n) is 2.76. The van der Waals surface area contributed by atoms with Crippen LogP contribution in [-0.4, -0.2) is 16.3 Å². The SMILES string of the molecule is CC(C)(C)C1CNCn2nccc21. The summed E-state index contributed by atoms with van der Waals surface area (Å²) in [4.78, 5) is 0. The van der Waals surface area contributed by atoms with E-state index in [2.05, 4.69) is 41.9 Å². The fourth-order valence-electron chi connectivity index (χ4n) is 1.94. The Morgan fingerprint density at radius 2 is 2.31 bits per heavy atom. The maximum absolute atomic E-state index is 4.27. The first-order valence-electron chi connectivity index (χ1n) is 4.81. The van der Waals surface area contributed by atoms with Gasteiger partial charge in [-0.2, -0.15) is 5.10 Å². The van der Waals surface area contributed by atoms with E-state index in [9.17, 15) is 0 Å². The normalized spacial score (nSPS) is 22.8. The Morgan fingerprint density at radius 1 is 1.54 bits per heavy atom. The Balaban J connectivity index is 2.35. The summed E-state index contributed by atoms with van der Waals surface area (Å²) in [5, 5.41) is 7.66. The van der Waals surface area contributed by atoms with Gasteiger partial charge in [-0.1, -0.05) is 20.8 Å². The minimum atomic E-state index is 0.311. The second-order valence-electron chi connectivity index (χ2n) is 4.79. The second-order valence-corrected chi connectivity index (χ2v) is 4.79. The number of nitrogens with zero attached hydrogens (tertiary/aromatic N) is 2. The van der Waals surface area contributed by atoms with Crippen LogP contribution in [0.4, 0.5) is 0 Å². The Morgan fingerprint density at radius 3 is 3.00 bits per heavy atom. The molecule has 1 unspecified atom stereocenters. The van der Waals surface area contributed by atoms with Crippen LogP contribution in [0.3, 0.4) is 0 Å². The summed E-state index contributed by atoms with van der Waals surface area (Å²) in [6, 6.07) is 2.14. The van der Waals surface area contributed by atoms with Crippen LogP contribution < -0.4 is 5.32 Å². The van der Waals surface area contributed by atoms with Crippen molar-refractivity contribution >= 4 is 0 Å². The lowest BCUT2D eigenvalue weighted by Crippen LogP contribution is -2.38. The maximum Gasteiger partial charge on any atom is 0.0907 e. The molecule has 1 aliphatic rings. The van der Waals surface area contributed by atoms with E-state index in [-0.39, 0.29) is 0 Å². The Labute approximate surface area is 79.1 Å². The molecule has 0 saturated carbocycles. The molecule has 3 nitrogen and oxygen atoms in total. The highest BCUT2D eigenvalue weighted by Gasteiger charge is 2.30. The predicted octanol–water partition coefficient (Wildman–Crippen LogP) is 1.57. The van der Waals surface area contributed by atoms with Crippen molar-refractivity contribution in [2.45, 2.75) is 33.4 Å². The molecule has 0 bridgehead atoms. The molecule has 0 saturated heterocycles. The van der Waals surface area contributed by atoms with Crippen LogP contribution in [0.25, 0.3) is 0 Å². The van der Waals surface area contributed by atoms with Gasteiger partial charge in [0.15, 0.2) is 0 Å². The topological polar surface area (TPSA) is 29.9 Å². The quantitative estimate of drug-likeness (QED) is 0.655. The van der Waals surface area contributed by atoms with E-state index >= 15 is 0 Å². The summed E-state index contributed by atoms with van der Waals surface area (Å²) < 4.78 is 2.05. The highest BCUT2D eigenvalue weighted by Crippen LogP contribution is 2.35. The van der Waals surface area contributed by atoms with Gasteiger partial charge in [-0.15, -0.1) is 0 Å². The average molecular weight is 179 g/mol. The Kier molecular flexibility index (Phi) is 1.91. The summed E-state index contributed by atoms with van der Waals surface area (Å²) in [5.41, 5.74) is 1.68. The van der Waals surface area contributed by atoms with Crippen LogP contribution in [0.15, 0.2) is 12.3 Å². The number of rotatable bonds is 0. The van der Waals surface area contributed by atoms with Crippen molar-refractivity contribution in [2.24, 2.45) is 5.41 Å². The van der Waals surface area contributed by atoms with Crippen LogP contribution in [-0.2, 0) is 6.67 Å². The number of hydrogen-bond acceptors (Lipinski definition) is 2. The summed E-state index contributed by atoms with van der Waals surface area (Å²) in [6.45, 7) is 8.76. The van der Waals surface area contributed by atoms with Crippen molar-refractivity contribution in [3.8, 4) is 0 Å². The van der Waals surface area contributed by atoms with Crippen molar-refractivity contribution < 1.29 is 0 Å². The Bertz CT molecular complexity index is 295. The third kappa shape index (κ3) is 1.48. The highest BCUT2D eigenvalue weighted by molar-refractivity contribution is 5.13. The van der Waals surface area contributed by atoms with Gasteiger partial charge in [0.2, 0.25) is 0 Å². The third-order valence-corrected chi connectivity index (χ3v) is 2.76. The fourth-order valence-corrected chi connectivity index (χ4v) is 1.94. The van der Waals surface area contributed by atoms with Crippen LogP contribution in [0.1, 0.15) is 32.4 Å². The van der Waals surface area contributed by atoms with Gasteiger partial charge in [0.25, 0.3) is 0 Å². The average Bonchev–Trinajstić information content (AvgIpc) is 2.48. The van der Waals surface area contributed by atoms with Crippen molar-refractivity contribution in [3.05, 3.63) is 18.0 Å². The molecule has 13 heavy (non-hydrogen) atoms. The molecule has 0 aliphatic carbocycles. The lowest BCUT2D eigenvalue weighted by Gasteiger charge is -2.34. The van der Waals surface area contributed by atoms with Gasteiger partial charge in [-0.3, -0.25) is 10.00 Å². The lowest BCUT2D eigenvalue weighted by molar-refractivity contribution is 0.257. The number of nitrogens with one attached hydrogen (secondary N) is 1. The fraction of sp³-hybridized carbons (Fsp3) is 0.700. The first-order valence-corrected chi connectivity index (χ1v) is 4.81. The molecule has 72 valence electrons. The smallest absolute Gasteiger partial charge is 0.0907 e. The largest absolute Gasteiger partial charge is 0.298 e. The van der Waals surface area contributed by atoms with E-state index < -0.39 is 0 Å². The van der Waals surface area contributed by atoms with Gasteiger partial charge in [0.05, 0.1) is 6.67 Å². The lowest BCUT2D eigenvalue weighted by atomic mass is 9.78. The van der Waals surface area contributed by atoms with Gasteiger partial charge in [0, 0.05) is 24.4 Å². The molecule has 3 heteroatoms. The molecule has 0 spiro atoms. The summed E-state index contributed by atoms with van der Waals surface area (Å²) in [6.07, 6.45) is 1.89. The van der Waals surface area contributed by atoms with Crippen LogP contribution in [0.5, 0.6) is 0 Å². The van der Waals surface area contributed by atoms with Gasteiger partial charge in [-0.25, -0.2) is 0 Å². The predicted molar refractivity (Wildman–Crippen MR) is 52.4 cm³/mol. The molecule has 1 N–H and O–H groups in total. The molecule has 2 heterocycles. The zero-order valence-electron chi connectivity index (χ0n) is 8.54. The maximum atomic E-state index is 4.27. The van der Waals surface area contributed by atoms with Crippen LogP contribution in [0, 0.1) is 5.41 Å². The molecule has 0 aromatic carbocycles. The number of aromatic nitrogens is 2. The molecular weight excluding hydrogens is 162 g/mol. The van der Waals surface area contributed by atoms with E-state index in [1.54, 1.807) is 0 Å². The summed E-state index contributed by atoms with van der Waals surface area (Å²) in [5.74, 6) is 0.573. The molecule has 0 fully saturated rings. The van der Waals surface area contributed by atoms with Gasteiger partial charge in [0.1, 0.15) is 0 Å². The molecule has 1 aromatic rings. The van der Waals surface area contributed by atoms with Crippen molar-refractivity contribution in [3.63, 3.8) is 0 Å². The van der Waals surface area contributed by atoms with Gasteiger partial charge >= 0.3 is 0 Å². The number of fused-ring (bicyclic) bond motifs is 1. The first-order chi connectivity index (χ1) is 6.09. The summed E-state index contributed by atoms with van der Waals surface area (Å²) in [7, 11) is 0. The van der Waals surface area contributed by atoms with Crippen molar-refractivity contribution in [1.82, 2.24) is 15.1 Å². The molecule has 1 atom stereocenters. The zero-order valence-corrected chi connectivity index (χ0v) is 8.54.